The Kier molecular flexibility index (Phi) is 4.35. The highest BCUT2D eigenvalue weighted by molar-refractivity contribution is 5.89. The van der Waals surface area contributed by atoms with E-state index in [1.807, 2.05) is 28.8 Å². The molecular formula is C24H22N2O4. The van der Waals surface area contributed by atoms with E-state index in [0.29, 0.717) is 25.2 Å². The summed E-state index contributed by atoms with van der Waals surface area (Å²) in [6.45, 7) is 3.50. The number of carbonyl (C=O) groups is 2. The van der Waals surface area contributed by atoms with Crippen LogP contribution in [-0.2, 0) is 17.8 Å². The van der Waals surface area contributed by atoms with Crippen molar-refractivity contribution in [3.05, 3.63) is 82.7 Å². The molecule has 1 amide bonds. The van der Waals surface area contributed by atoms with Crippen molar-refractivity contribution in [3.8, 4) is 11.1 Å². The predicted molar refractivity (Wildman–Crippen MR) is 112 cm³/mol. The highest BCUT2D eigenvalue weighted by atomic mass is 16.6. The van der Waals surface area contributed by atoms with Crippen molar-refractivity contribution in [3.63, 3.8) is 0 Å². The van der Waals surface area contributed by atoms with Crippen LogP contribution in [0.5, 0.6) is 0 Å². The van der Waals surface area contributed by atoms with E-state index in [4.69, 9.17) is 4.74 Å². The average molecular weight is 402 g/mol. The zero-order valence-corrected chi connectivity index (χ0v) is 16.7. The molecule has 5 rings (SSSR count). The van der Waals surface area contributed by atoms with Gasteiger partial charge in [-0.15, -0.1) is 0 Å². The lowest BCUT2D eigenvalue weighted by atomic mass is 9.98. The molecule has 1 aromatic heterocycles. The van der Waals surface area contributed by atoms with E-state index >= 15 is 0 Å². The maximum absolute atomic E-state index is 12.8. The van der Waals surface area contributed by atoms with E-state index in [1.54, 1.807) is 17.9 Å². The van der Waals surface area contributed by atoms with Crippen molar-refractivity contribution in [1.29, 1.82) is 0 Å². The van der Waals surface area contributed by atoms with Crippen LogP contribution in [0.15, 0.2) is 54.6 Å². The van der Waals surface area contributed by atoms with Gasteiger partial charge in [-0.25, -0.2) is 9.59 Å². The van der Waals surface area contributed by atoms with Crippen LogP contribution in [-0.4, -0.2) is 39.8 Å². The van der Waals surface area contributed by atoms with Crippen molar-refractivity contribution < 1.29 is 19.4 Å². The lowest BCUT2D eigenvalue weighted by molar-refractivity contribution is 0.0695. The number of carboxylic acid groups (broad SMARTS) is 1. The fourth-order valence-corrected chi connectivity index (χ4v) is 4.71. The first kappa shape index (κ1) is 18.5. The van der Waals surface area contributed by atoms with Crippen molar-refractivity contribution in [1.82, 2.24) is 9.47 Å². The van der Waals surface area contributed by atoms with E-state index < -0.39 is 5.97 Å². The molecule has 1 N–H and O–H groups in total. The van der Waals surface area contributed by atoms with Gasteiger partial charge in [0, 0.05) is 30.4 Å². The van der Waals surface area contributed by atoms with Gasteiger partial charge in [-0.05, 0) is 35.2 Å². The van der Waals surface area contributed by atoms with Gasteiger partial charge in [0.05, 0.1) is 12.1 Å². The first-order valence-corrected chi connectivity index (χ1v) is 10.1. The number of hydrogen-bond acceptors (Lipinski definition) is 3. The molecule has 0 saturated heterocycles. The summed E-state index contributed by atoms with van der Waals surface area (Å²) in [5.41, 5.74) is 6.60. The smallest absolute Gasteiger partial charge is 0.410 e. The van der Waals surface area contributed by atoms with E-state index in [1.165, 1.54) is 22.3 Å². The van der Waals surface area contributed by atoms with Gasteiger partial charge in [-0.1, -0.05) is 48.5 Å². The summed E-state index contributed by atoms with van der Waals surface area (Å²) in [6.07, 6.45) is -0.362. The fourth-order valence-electron chi connectivity index (χ4n) is 4.71. The molecule has 0 spiro atoms. The SMILES string of the molecule is Cc1c(C(=O)O)cc2n1CCN(C(=O)OCC1c3ccccc3-c3ccccc31)C2. The van der Waals surface area contributed by atoms with Crippen LogP contribution in [0.1, 0.15) is 38.8 Å². The Bertz CT molecular complexity index is 1120. The predicted octanol–water partition coefficient (Wildman–Crippen LogP) is 4.26. The van der Waals surface area contributed by atoms with E-state index in [0.717, 1.165) is 11.4 Å². The minimum atomic E-state index is -0.943. The highest BCUT2D eigenvalue weighted by Crippen LogP contribution is 2.44. The Morgan fingerprint density at radius 2 is 1.67 bits per heavy atom. The normalized spacial score (nSPS) is 14.8. The summed E-state index contributed by atoms with van der Waals surface area (Å²) in [4.78, 5) is 25.8. The maximum Gasteiger partial charge on any atom is 0.410 e. The van der Waals surface area contributed by atoms with Gasteiger partial charge >= 0.3 is 12.1 Å². The number of carboxylic acids is 1. The Hall–Kier alpha value is -3.54. The Labute approximate surface area is 174 Å². The number of hydrogen-bond donors (Lipinski definition) is 1. The molecule has 0 atom stereocenters. The number of carbonyl (C=O) groups excluding carboxylic acids is 1. The van der Waals surface area contributed by atoms with Crippen LogP contribution in [0.2, 0.25) is 0 Å². The van der Waals surface area contributed by atoms with Crippen LogP contribution in [0, 0.1) is 6.92 Å². The number of ether oxygens (including phenoxy) is 1. The lowest BCUT2D eigenvalue weighted by Gasteiger charge is -2.29. The fraction of sp³-hybridized carbons (Fsp3) is 0.250. The number of benzene rings is 2. The summed E-state index contributed by atoms with van der Waals surface area (Å²) in [7, 11) is 0. The standard InChI is InChI=1S/C24H22N2O4/c1-15-21(23(27)28)12-16-13-25(10-11-26(15)16)24(29)30-14-22-19-8-4-2-6-17(19)18-7-3-5-9-20(18)22/h2-9,12,22H,10-11,13-14H2,1H3,(H,27,28). The third-order valence-electron chi connectivity index (χ3n) is 6.22. The van der Waals surface area contributed by atoms with Gasteiger partial charge in [-0.3, -0.25) is 0 Å². The summed E-state index contributed by atoms with van der Waals surface area (Å²) in [6, 6.07) is 18.1. The van der Waals surface area contributed by atoms with Crippen LogP contribution in [0.4, 0.5) is 4.79 Å². The van der Waals surface area contributed by atoms with E-state index in [2.05, 4.69) is 24.3 Å². The van der Waals surface area contributed by atoms with Crippen LogP contribution in [0.3, 0.4) is 0 Å². The number of aromatic carboxylic acids is 1. The second kappa shape index (κ2) is 7.06. The van der Waals surface area contributed by atoms with E-state index in [9.17, 15) is 14.7 Å². The quantitative estimate of drug-likeness (QED) is 0.711. The molecule has 6 heteroatoms. The van der Waals surface area contributed by atoms with Gasteiger partial charge in [0.25, 0.3) is 0 Å². The Morgan fingerprint density at radius 3 is 2.30 bits per heavy atom. The second-order valence-corrected chi connectivity index (χ2v) is 7.82. The first-order chi connectivity index (χ1) is 14.5. The first-order valence-electron chi connectivity index (χ1n) is 10.1. The maximum atomic E-state index is 12.8. The molecule has 0 bridgehead atoms. The molecule has 0 saturated carbocycles. The summed E-state index contributed by atoms with van der Waals surface area (Å²) >= 11 is 0. The summed E-state index contributed by atoms with van der Waals surface area (Å²) in [5.74, 6) is -0.919. The van der Waals surface area contributed by atoms with Gasteiger partial charge in [0.2, 0.25) is 0 Å². The zero-order chi connectivity index (χ0) is 20.8. The van der Waals surface area contributed by atoms with Crippen LogP contribution < -0.4 is 0 Å². The molecule has 2 heterocycles. The van der Waals surface area contributed by atoms with Crippen LogP contribution >= 0.6 is 0 Å². The Morgan fingerprint density at radius 1 is 1.03 bits per heavy atom. The van der Waals surface area contributed by atoms with E-state index in [-0.39, 0.29) is 18.6 Å². The summed E-state index contributed by atoms with van der Waals surface area (Å²) < 4.78 is 7.71. The molecule has 6 nitrogen and oxygen atoms in total. The third-order valence-corrected chi connectivity index (χ3v) is 6.22. The van der Waals surface area contributed by atoms with Crippen LogP contribution in [0.25, 0.3) is 11.1 Å². The number of amides is 1. The second-order valence-electron chi connectivity index (χ2n) is 7.82. The number of fused-ring (bicyclic) bond motifs is 4. The van der Waals surface area contributed by atoms with Gasteiger partial charge in [0.1, 0.15) is 6.61 Å². The van der Waals surface area contributed by atoms with Crippen molar-refractivity contribution >= 4 is 12.1 Å². The monoisotopic (exact) mass is 402 g/mol. The number of rotatable bonds is 3. The Balaban J connectivity index is 1.32. The number of nitrogens with zero attached hydrogens (tertiary/aromatic N) is 2. The zero-order valence-electron chi connectivity index (χ0n) is 16.7. The van der Waals surface area contributed by atoms with Crippen molar-refractivity contribution in [2.24, 2.45) is 0 Å². The highest BCUT2D eigenvalue weighted by Gasteiger charge is 2.31. The molecule has 0 radical (unpaired) electrons. The third kappa shape index (κ3) is 2.87. The molecule has 2 aliphatic rings. The molecule has 1 aliphatic heterocycles. The molecule has 30 heavy (non-hydrogen) atoms. The molecule has 0 fully saturated rings. The minimum Gasteiger partial charge on any atom is -0.478 e. The molecular weight excluding hydrogens is 380 g/mol. The van der Waals surface area contributed by atoms with Crippen molar-refractivity contribution in [2.45, 2.75) is 25.9 Å². The van der Waals surface area contributed by atoms with Crippen molar-refractivity contribution in [2.75, 3.05) is 13.2 Å². The number of aromatic nitrogens is 1. The molecule has 2 aromatic carbocycles. The molecule has 1 aliphatic carbocycles. The largest absolute Gasteiger partial charge is 0.478 e. The summed E-state index contributed by atoms with van der Waals surface area (Å²) in [5, 5.41) is 9.34. The molecule has 152 valence electrons. The minimum absolute atomic E-state index is 0.0239. The van der Waals surface area contributed by atoms with Gasteiger partial charge < -0.3 is 19.3 Å². The topological polar surface area (TPSA) is 71.8 Å². The van der Waals surface area contributed by atoms with Gasteiger partial charge in [0.15, 0.2) is 0 Å². The molecule has 0 unspecified atom stereocenters. The average Bonchev–Trinajstić information content (AvgIpc) is 3.27. The lowest BCUT2D eigenvalue weighted by Crippen LogP contribution is -2.39. The van der Waals surface area contributed by atoms with Gasteiger partial charge in [-0.2, -0.15) is 0 Å². The molecule has 3 aromatic rings.